The Bertz CT molecular complexity index is 1760. The first-order chi connectivity index (χ1) is 19.2. The summed E-state index contributed by atoms with van der Waals surface area (Å²) < 4.78 is 53.3. The molecule has 0 bridgehead atoms. The summed E-state index contributed by atoms with van der Waals surface area (Å²) in [7, 11) is 0. The number of alkyl halides is 2. The Kier molecular flexibility index (Phi) is 6.69. The predicted octanol–water partition coefficient (Wildman–Crippen LogP) is 6.60. The van der Waals surface area contributed by atoms with Gasteiger partial charge in [-0.1, -0.05) is 48.7 Å². The van der Waals surface area contributed by atoms with Gasteiger partial charge < -0.3 is 4.57 Å². The average Bonchev–Trinajstić information content (AvgIpc) is 3.53. The minimum atomic E-state index is -3.77. The van der Waals surface area contributed by atoms with Crippen molar-refractivity contribution in [1.82, 2.24) is 29.7 Å². The van der Waals surface area contributed by atoms with Crippen molar-refractivity contribution in [2.75, 3.05) is 0 Å². The number of nitrogens with zero attached hydrogens (tertiary/aromatic N) is 5. The number of fused-ring (bicyclic) bond motifs is 1. The summed E-state index contributed by atoms with van der Waals surface area (Å²) in [5.74, 6) is -5.52. The Morgan fingerprint density at radius 2 is 1.90 bits per heavy atom. The summed E-state index contributed by atoms with van der Waals surface area (Å²) in [5, 5.41) is 4.02. The van der Waals surface area contributed by atoms with Crippen LogP contribution in [0.2, 0.25) is 5.02 Å². The van der Waals surface area contributed by atoms with Gasteiger partial charge in [-0.15, -0.1) is 0 Å². The fourth-order valence-electron chi connectivity index (χ4n) is 5.38. The van der Waals surface area contributed by atoms with Crippen LogP contribution in [0.25, 0.3) is 33.8 Å². The van der Waals surface area contributed by atoms with Crippen molar-refractivity contribution in [2.24, 2.45) is 11.8 Å². The highest BCUT2D eigenvalue weighted by Crippen LogP contribution is 2.42. The molecule has 0 spiro atoms. The Labute approximate surface area is 231 Å². The van der Waals surface area contributed by atoms with Crippen LogP contribution in [0.3, 0.4) is 0 Å². The highest BCUT2D eigenvalue weighted by Gasteiger charge is 2.43. The molecule has 1 N–H and O–H groups in total. The van der Waals surface area contributed by atoms with Crippen molar-refractivity contribution in [3.63, 3.8) is 0 Å². The fourth-order valence-corrected chi connectivity index (χ4v) is 5.56. The number of hydrogen-bond acceptors (Lipinski definition) is 6. The first-order valence-corrected chi connectivity index (χ1v) is 13.3. The molecule has 4 heterocycles. The van der Waals surface area contributed by atoms with Gasteiger partial charge in [0.05, 0.1) is 27.3 Å². The van der Waals surface area contributed by atoms with Gasteiger partial charge >= 0.3 is 11.7 Å². The number of aromatic nitrogens is 6. The molecule has 1 aromatic carbocycles. The maximum atomic E-state index is 16.2. The van der Waals surface area contributed by atoms with Crippen molar-refractivity contribution in [3.05, 3.63) is 81.6 Å². The number of pyridine rings is 2. The van der Waals surface area contributed by atoms with Gasteiger partial charge in [-0.3, -0.25) is 14.5 Å². The predicted molar refractivity (Wildman–Crippen MR) is 142 cm³/mol. The second-order valence-corrected chi connectivity index (χ2v) is 10.7. The third kappa shape index (κ3) is 4.78. The molecule has 0 unspecified atom stereocenters. The molecule has 0 aliphatic heterocycles. The zero-order valence-electron chi connectivity index (χ0n) is 21.4. The van der Waals surface area contributed by atoms with E-state index in [9.17, 15) is 9.18 Å². The van der Waals surface area contributed by atoms with Crippen LogP contribution >= 0.6 is 11.6 Å². The van der Waals surface area contributed by atoms with Gasteiger partial charge in [0.25, 0.3) is 0 Å². The van der Waals surface area contributed by atoms with E-state index in [2.05, 4.69) is 36.5 Å². The van der Waals surface area contributed by atoms with Crippen LogP contribution in [0.4, 0.5) is 13.2 Å². The number of benzene rings is 1. The second-order valence-electron chi connectivity index (χ2n) is 10.3. The Hall–Kier alpha value is -3.99. The van der Waals surface area contributed by atoms with Gasteiger partial charge in [0.1, 0.15) is 11.5 Å². The summed E-state index contributed by atoms with van der Waals surface area (Å²) in [6, 6.07) is 7.85. The molecule has 1 saturated carbocycles. The lowest BCUT2D eigenvalue weighted by Gasteiger charge is -2.28. The quantitative estimate of drug-likeness (QED) is 0.248. The highest BCUT2D eigenvalue weighted by molar-refractivity contribution is 6.30. The molecule has 5 aromatic rings. The number of H-pyrrole nitrogens is 1. The van der Waals surface area contributed by atoms with Crippen LogP contribution < -0.4 is 5.76 Å². The molecule has 4 aromatic heterocycles. The molecule has 0 saturated heterocycles. The molecule has 8 nitrogen and oxygen atoms in total. The molecule has 0 radical (unpaired) electrons. The third-order valence-corrected chi connectivity index (χ3v) is 7.66. The van der Waals surface area contributed by atoms with E-state index in [0.717, 1.165) is 37.8 Å². The molecule has 1 aliphatic carbocycles. The van der Waals surface area contributed by atoms with Gasteiger partial charge in [-0.25, -0.2) is 19.2 Å². The highest BCUT2D eigenvalue weighted by atomic mass is 35.5. The zero-order valence-corrected chi connectivity index (χ0v) is 22.1. The van der Waals surface area contributed by atoms with E-state index in [0.29, 0.717) is 22.0 Å². The van der Waals surface area contributed by atoms with E-state index < -0.39 is 28.9 Å². The number of aromatic amines is 1. The molecule has 206 valence electrons. The van der Waals surface area contributed by atoms with Crippen molar-refractivity contribution >= 4 is 22.6 Å². The molecular weight excluding hydrogens is 545 g/mol. The summed E-state index contributed by atoms with van der Waals surface area (Å²) in [5.41, 5.74) is 0.569. The molecule has 1 aliphatic rings. The number of rotatable bonds is 6. The lowest BCUT2D eigenvalue weighted by atomic mass is 9.83. The van der Waals surface area contributed by atoms with Crippen LogP contribution in [0.1, 0.15) is 44.0 Å². The second kappa shape index (κ2) is 10.2. The van der Waals surface area contributed by atoms with Gasteiger partial charge in [0, 0.05) is 24.5 Å². The summed E-state index contributed by atoms with van der Waals surface area (Å²) in [6.45, 7) is 2.43. The van der Waals surface area contributed by atoms with Gasteiger partial charge in [0.15, 0.2) is 5.82 Å². The van der Waals surface area contributed by atoms with Crippen molar-refractivity contribution < 1.29 is 17.7 Å². The Morgan fingerprint density at radius 1 is 1.12 bits per heavy atom. The number of halogens is 4. The maximum Gasteiger partial charge on any atom is 0.439 e. The van der Waals surface area contributed by atoms with Crippen LogP contribution in [0.5, 0.6) is 0 Å². The Morgan fingerprint density at radius 3 is 2.60 bits per heavy atom. The van der Waals surface area contributed by atoms with Crippen LogP contribution in [0, 0.1) is 17.7 Å². The van der Waals surface area contributed by atoms with Crippen LogP contribution in [-0.2, 0) is 12.5 Å². The monoisotopic (exact) mass is 568 g/mol. The molecule has 0 amide bonds. The van der Waals surface area contributed by atoms with Crippen molar-refractivity contribution in [2.45, 2.75) is 45.1 Å². The van der Waals surface area contributed by atoms with E-state index in [-0.39, 0.29) is 35.2 Å². The van der Waals surface area contributed by atoms with Gasteiger partial charge in [0.2, 0.25) is 5.82 Å². The largest absolute Gasteiger partial charge is 0.439 e. The molecular formula is C28H24ClF3N6O2. The van der Waals surface area contributed by atoms with Crippen molar-refractivity contribution in [1.29, 1.82) is 0 Å². The summed E-state index contributed by atoms with van der Waals surface area (Å²) in [6.07, 6.45) is 6.67. The number of imidazole rings is 1. The third-order valence-electron chi connectivity index (χ3n) is 7.45. The van der Waals surface area contributed by atoms with E-state index in [1.165, 1.54) is 35.2 Å². The van der Waals surface area contributed by atoms with Crippen LogP contribution in [0.15, 0.2) is 58.1 Å². The maximum absolute atomic E-state index is 16.2. The van der Waals surface area contributed by atoms with E-state index in [4.69, 9.17) is 11.6 Å². The molecule has 0 atom stereocenters. The zero-order chi connectivity index (χ0) is 28.0. The SMILES string of the molecule is C[C@H]1CC[C@H](Cn2c(C(F)(F)c3ccccc3F)nc3cc(-c4noc(=O)[nH]4)nc(-c4cncc(Cl)c4)c32)CC1. The fraction of sp³-hybridized carbons (Fsp3) is 0.321. The first-order valence-electron chi connectivity index (χ1n) is 12.9. The molecule has 40 heavy (non-hydrogen) atoms. The van der Waals surface area contributed by atoms with Crippen molar-refractivity contribution in [3.8, 4) is 22.8 Å². The van der Waals surface area contributed by atoms with Gasteiger partial charge in [-0.05, 0) is 48.9 Å². The smallest absolute Gasteiger partial charge is 0.321 e. The molecule has 1 fully saturated rings. The van der Waals surface area contributed by atoms with Gasteiger partial charge in [-0.2, -0.15) is 8.78 Å². The number of nitrogens with one attached hydrogen (secondary N) is 1. The summed E-state index contributed by atoms with van der Waals surface area (Å²) in [4.78, 5) is 27.3. The topological polar surface area (TPSA) is 102 Å². The minimum absolute atomic E-state index is 0.00127. The standard InChI is InChI=1S/C28H24ClF3N6O2/c1-15-6-8-16(9-7-15)14-38-24-21(35-26(38)28(31,32)19-4-2-3-5-20(19)30)11-22(25-36-27(39)40-37-25)34-23(24)17-10-18(29)13-33-12-17/h2-5,10-13,15-16H,6-9,14H2,1H3,(H,36,37,39)/t15-,16-. The summed E-state index contributed by atoms with van der Waals surface area (Å²) >= 11 is 6.24. The lowest BCUT2D eigenvalue weighted by molar-refractivity contribution is 0.0245. The molecule has 6 rings (SSSR count). The lowest BCUT2D eigenvalue weighted by Crippen LogP contribution is -2.26. The first kappa shape index (κ1) is 26.2. The normalized spacial score (nSPS) is 17.9. The van der Waals surface area contributed by atoms with E-state index in [1.807, 2.05) is 0 Å². The average molecular weight is 569 g/mol. The van der Waals surface area contributed by atoms with E-state index in [1.54, 1.807) is 6.07 Å². The number of hydrogen-bond donors (Lipinski definition) is 1. The Balaban J connectivity index is 1.64. The molecule has 12 heteroatoms. The minimum Gasteiger partial charge on any atom is -0.321 e. The van der Waals surface area contributed by atoms with Crippen LogP contribution in [-0.4, -0.2) is 29.7 Å². The van der Waals surface area contributed by atoms with E-state index >= 15 is 8.78 Å².